The van der Waals surface area contributed by atoms with E-state index in [-0.39, 0.29) is 5.82 Å². The highest BCUT2D eigenvalue weighted by atomic mass is 19.1. The molecule has 0 bridgehead atoms. The van der Waals surface area contributed by atoms with E-state index in [1.807, 2.05) is 12.1 Å². The molecule has 0 unspecified atom stereocenters. The van der Waals surface area contributed by atoms with Gasteiger partial charge in [-0.15, -0.1) is 0 Å². The number of nitrogens with zero attached hydrogens (tertiary/aromatic N) is 3. The highest BCUT2D eigenvalue weighted by Gasteiger charge is 2.43. The van der Waals surface area contributed by atoms with Crippen LogP contribution < -0.4 is 5.32 Å². The van der Waals surface area contributed by atoms with Crippen molar-refractivity contribution in [3.8, 4) is 0 Å². The second kappa shape index (κ2) is 7.06. The summed E-state index contributed by atoms with van der Waals surface area (Å²) >= 11 is 0. The first kappa shape index (κ1) is 17.6. The Balaban J connectivity index is 1.65. The van der Waals surface area contributed by atoms with Crippen LogP contribution in [-0.2, 0) is 16.8 Å². The van der Waals surface area contributed by atoms with Crippen molar-refractivity contribution in [1.29, 1.82) is 0 Å². The quantitative estimate of drug-likeness (QED) is 0.854. The zero-order chi connectivity index (χ0) is 18.1. The van der Waals surface area contributed by atoms with Crippen LogP contribution in [0.2, 0.25) is 0 Å². The molecule has 1 saturated carbocycles. The van der Waals surface area contributed by atoms with Crippen molar-refractivity contribution in [1.82, 2.24) is 20.4 Å². The van der Waals surface area contributed by atoms with E-state index in [4.69, 9.17) is 9.26 Å². The molecule has 1 aromatic heterocycles. The van der Waals surface area contributed by atoms with Crippen molar-refractivity contribution in [3.63, 3.8) is 0 Å². The lowest BCUT2D eigenvalue weighted by Gasteiger charge is -2.49. The summed E-state index contributed by atoms with van der Waals surface area (Å²) in [4.78, 5) is 6.90. The van der Waals surface area contributed by atoms with Gasteiger partial charge in [-0.1, -0.05) is 17.3 Å². The van der Waals surface area contributed by atoms with Crippen molar-refractivity contribution in [2.75, 3.05) is 26.8 Å². The molecule has 0 amide bonds. The first-order valence-electron chi connectivity index (χ1n) is 9.16. The Morgan fingerprint density at radius 1 is 1.35 bits per heavy atom. The van der Waals surface area contributed by atoms with Gasteiger partial charge >= 0.3 is 0 Å². The average Bonchev–Trinajstić information content (AvgIpc) is 3.38. The third kappa shape index (κ3) is 3.39. The summed E-state index contributed by atoms with van der Waals surface area (Å²) in [6, 6.07) is 7.00. The lowest BCUT2D eigenvalue weighted by Crippen LogP contribution is -2.63. The summed E-state index contributed by atoms with van der Waals surface area (Å²) in [6.07, 6.45) is 2.29. The van der Waals surface area contributed by atoms with Crippen LogP contribution in [0.4, 0.5) is 4.39 Å². The van der Waals surface area contributed by atoms with Crippen LogP contribution in [0.15, 0.2) is 28.8 Å². The van der Waals surface area contributed by atoms with E-state index >= 15 is 0 Å². The number of hydrogen-bond acceptors (Lipinski definition) is 6. The lowest BCUT2D eigenvalue weighted by atomic mass is 9.85. The number of piperazine rings is 1. The van der Waals surface area contributed by atoms with Crippen molar-refractivity contribution in [2.24, 2.45) is 0 Å². The SMILES string of the molecule is COC[C@]1(c2ccc(F)cc2)CN[C@@H](C)CN1Cc1nc(C2CC2)no1. The molecular weight excluding hydrogens is 335 g/mol. The Kier molecular flexibility index (Phi) is 4.77. The van der Waals surface area contributed by atoms with Crippen LogP contribution >= 0.6 is 0 Å². The second-order valence-corrected chi connectivity index (χ2v) is 7.45. The predicted molar refractivity (Wildman–Crippen MR) is 94.1 cm³/mol. The molecule has 1 aromatic carbocycles. The second-order valence-electron chi connectivity index (χ2n) is 7.45. The van der Waals surface area contributed by atoms with E-state index in [1.54, 1.807) is 7.11 Å². The van der Waals surface area contributed by atoms with E-state index in [9.17, 15) is 4.39 Å². The number of rotatable bonds is 6. The van der Waals surface area contributed by atoms with Crippen LogP contribution in [-0.4, -0.2) is 47.9 Å². The third-order valence-corrected chi connectivity index (χ3v) is 5.36. The highest BCUT2D eigenvalue weighted by molar-refractivity contribution is 5.27. The van der Waals surface area contributed by atoms with Crippen LogP contribution in [0, 0.1) is 5.82 Å². The molecule has 0 spiro atoms. The minimum absolute atomic E-state index is 0.240. The molecule has 1 aliphatic heterocycles. The predicted octanol–water partition coefficient (Wildman–Crippen LogP) is 2.42. The Hall–Kier alpha value is -1.83. The van der Waals surface area contributed by atoms with Crippen LogP contribution in [0.3, 0.4) is 0 Å². The smallest absolute Gasteiger partial charge is 0.240 e. The molecule has 1 N–H and O–H groups in total. The fourth-order valence-corrected chi connectivity index (χ4v) is 3.75. The van der Waals surface area contributed by atoms with Gasteiger partial charge in [0.2, 0.25) is 5.89 Å². The molecule has 0 radical (unpaired) electrons. The fraction of sp³-hybridized carbons (Fsp3) is 0.579. The molecule has 4 rings (SSSR count). The molecule has 6 nitrogen and oxygen atoms in total. The van der Waals surface area contributed by atoms with Crippen molar-refractivity contribution in [2.45, 2.75) is 43.8 Å². The molecule has 2 atom stereocenters. The molecule has 26 heavy (non-hydrogen) atoms. The molecule has 2 fully saturated rings. The first-order chi connectivity index (χ1) is 12.6. The summed E-state index contributed by atoms with van der Waals surface area (Å²) in [5, 5.41) is 7.67. The standard InChI is InChI=1S/C19H25FN4O2/c1-13-9-24(10-17-22-18(23-26-17)14-3-4-14)19(11-21-13,12-25-2)15-5-7-16(20)8-6-15/h5-8,13-14,21H,3-4,9-12H2,1-2H3/t13-,19-/m0/s1. The van der Waals surface area contributed by atoms with Gasteiger partial charge in [0.05, 0.1) is 18.7 Å². The lowest BCUT2D eigenvalue weighted by molar-refractivity contribution is -0.0318. The molecule has 7 heteroatoms. The monoisotopic (exact) mass is 360 g/mol. The van der Waals surface area contributed by atoms with E-state index in [1.165, 1.54) is 12.1 Å². The molecule has 1 saturated heterocycles. The van der Waals surface area contributed by atoms with Gasteiger partial charge in [0.15, 0.2) is 5.82 Å². The van der Waals surface area contributed by atoms with Gasteiger partial charge in [-0.3, -0.25) is 4.90 Å². The molecule has 2 aliphatic rings. The van der Waals surface area contributed by atoms with E-state index < -0.39 is 5.54 Å². The molecule has 1 aliphatic carbocycles. The van der Waals surface area contributed by atoms with Crippen LogP contribution in [0.5, 0.6) is 0 Å². The van der Waals surface area contributed by atoms with E-state index in [0.717, 1.165) is 30.8 Å². The van der Waals surface area contributed by atoms with Gasteiger partial charge in [-0.2, -0.15) is 4.98 Å². The minimum atomic E-state index is -0.414. The van der Waals surface area contributed by atoms with Crippen molar-refractivity contribution < 1.29 is 13.7 Å². The molecule has 2 aromatic rings. The topological polar surface area (TPSA) is 63.4 Å². The van der Waals surface area contributed by atoms with Gasteiger partial charge in [0, 0.05) is 32.2 Å². The maximum atomic E-state index is 13.5. The number of ether oxygens (including phenoxy) is 1. The van der Waals surface area contributed by atoms with Gasteiger partial charge in [0.1, 0.15) is 5.82 Å². The number of hydrogen-bond donors (Lipinski definition) is 1. The van der Waals surface area contributed by atoms with E-state index in [0.29, 0.717) is 37.5 Å². The zero-order valence-electron chi connectivity index (χ0n) is 15.2. The van der Waals surface area contributed by atoms with Gasteiger partial charge in [-0.25, -0.2) is 4.39 Å². The summed E-state index contributed by atoms with van der Waals surface area (Å²) in [5.41, 5.74) is 0.602. The maximum absolute atomic E-state index is 13.5. The largest absolute Gasteiger partial charge is 0.382 e. The Morgan fingerprint density at radius 2 is 2.12 bits per heavy atom. The molecule has 2 heterocycles. The van der Waals surface area contributed by atoms with Crippen LogP contribution in [0.1, 0.15) is 43.0 Å². The number of benzene rings is 1. The maximum Gasteiger partial charge on any atom is 0.240 e. The minimum Gasteiger partial charge on any atom is -0.382 e. The summed E-state index contributed by atoms with van der Waals surface area (Å²) < 4.78 is 24.6. The van der Waals surface area contributed by atoms with Crippen molar-refractivity contribution >= 4 is 0 Å². The van der Waals surface area contributed by atoms with Crippen molar-refractivity contribution in [3.05, 3.63) is 47.4 Å². The van der Waals surface area contributed by atoms with Crippen LogP contribution in [0.25, 0.3) is 0 Å². The highest BCUT2D eigenvalue weighted by Crippen LogP contribution is 2.38. The first-order valence-corrected chi connectivity index (χ1v) is 9.16. The Morgan fingerprint density at radius 3 is 2.81 bits per heavy atom. The van der Waals surface area contributed by atoms with E-state index in [2.05, 4.69) is 27.3 Å². The number of methoxy groups -OCH3 is 1. The normalized spacial score (nSPS) is 27.0. The van der Waals surface area contributed by atoms with Gasteiger partial charge < -0.3 is 14.6 Å². The zero-order valence-corrected chi connectivity index (χ0v) is 15.2. The Bertz CT molecular complexity index is 746. The average molecular weight is 360 g/mol. The fourth-order valence-electron chi connectivity index (χ4n) is 3.75. The number of aromatic nitrogens is 2. The number of nitrogens with one attached hydrogen (secondary N) is 1. The molecule has 140 valence electrons. The molecular formula is C19H25FN4O2. The van der Waals surface area contributed by atoms with Gasteiger partial charge in [0.25, 0.3) is 0 Å². The summed E-state index contributed by atoms with van der Waals surface area (Å²) in [6.45, 7) is 4.70. The third-order valence-electron chi connectivity index (χ3n) is 5.36. The summed E-state index contributed by atoms with van der Waals surface area (Å²) in [7, 11) is 1.69. The Labute approximate surface area is 152 Å². The van der Waals surface area contributed by atoms with Gasteiger partial charge in [-0.05, 0) is 37.5 Å². The summed E-state index contributed by atoms with van der Waals surface area (Å²) in [5.74, 6) is 1.68. The number of halogens is 1.